The molecule has 104 valence electrons. The molecular formula is C12H13N5O2S. The first-order valence-electron chi connectivity index (χ1n) is 5.83. The van der Waals surface area contributed by atoms with Gasteiger partial charge in [-0.1, -0.05) is 11.8 Å². The number of rotatable bonds is 4. The molecule has 0 saturated carbocycles. The molecule has 2 rings (SSSR count). The third kappa shape index (κ3) is 3.89. The molecule has 0 saturated heterocycles. The van der Waals surface area contributed by atoms with Crippen LogP contribution >= 0.6 is 11.8 Å². The number of anilines is 1. The van der Waals surface area contributed by atoms with Crippen molar-refractivity contribution in [2.75, 3.05) is 11.1 Å². The summed E-state index contributed by atoms with van der Waals surface area (Å²) in [5.41, 5.74) is 1.00. The zero-order valence-corrected chi connectivity index (χ0v) is 11.8. The molecule has 0 bridgehead atoms. The topological polar surface area (TPSA) is 101 Å². The molecule has 8 heteroatoms. The fraction of sp³-hybridized carbons (Fsp3) is 0.250. The lowest BCUT2D eigenvalue weighted by Gasteiger charge is -2.04. The molecule has 2 aromatic heterocycles. The first kappa shape index (κ1) is 14.2. The van der Waals surface area contributed by atoms with E-state index in [9.17, 15) is 9.59 Å². The lowest BCUT2D eigenvalue weighted by molar-refractivity contribution is -0.113. The molecule has 1 amide bonds. The predicted octanol–water partition coefficient (Wildman–Crippen LogP) is 0.908. The fourth-order valence-corrected chi connectivity index (χ4v) is 1.96. The maximum atomic E-state index is 11.7. The third-order valence-electron chi connectivity index (χ3n) is 2.36. The van der Waals surface area contributed by atoms with Crippen LogP contribution in [0.5, 0.6) is 0 Å². The van der Waals surface area contributed by atoms with E-state index in [1.54, 1.807) is 19.2 Å². The quantitative estimate of drug-likeness (QED) is 0.812. The number of nitrogens with one attached hydrogen (secondary N) is 2. The predicted molar refractivity (Wildman–Crippen MR) is 75.7 cm³/mol. The Morgan fingerprint density at radius 1 is 1.40 bits per heavy atom. The van der Waals surface area contributed by atoms with Crippen LogP contribution in [-0.4, -0.2) is 31.8 Å². The number of thioether (sulfide) groups is 1. The number of aromatic amines is 1. The fourth-order valence-electron chi connectivity index (χ4n) is 1.36. The van der Waals surface area contributed by atoms with Gasteiger partial charge in [0, 0.05) is 6.20 Å². The Balaban J connectivity index is 1.92. The van der Waals surface area contributed by atoms with Crippen molar-refractivity contribution in [2.24, 2.45) is 0 Å². The van der Waals surface area contributed by atoms with E-state index in [0.29, 0.717) is 16.7 Å². The number of pyridine rings is 1. The average molecular weight is 291 g/mol. The highest BCUT2D eigenvalue weighted by atomic mass is 32.2. The van der Waals surface area contributed by atoms with Crippen molar-refractivity contribution in [3.05, 3.63) is 39.9 Å². The highest BCUT2D eigenvalue weighted by Crippen LogP contribution is 2.11. The van der Waals surface area contributed by atoms with Gasteiger partial charge in [0.25, 0.3) is 5.56 Å². The van der Waals surface area contributed by atoms with Gasteiger partial charge in [-0.3, -0.25) is 14.6 Å². The van der Waals surface area contributed by atoms with Crippen LogP contribution in [0.25, 0.3) is 0 Å². The Hall–Kier alpha value is -2.22. The van der Waals surface area contributed by atoms with Crippen molar-refractivity contribution in [3.63, 3.8) is 0 Å². The molecule has 0 radical (unpaired) electrons. The average Bonchev–Trinajstić information content (AvgIpc) is 2.40. The first-order chi connectivity index (χ1) is 9.54. The second kappa shape index (κ2) is 6.29. The summed E-state index contributed by atoms with van der Waals surface area (Å²) in [7, 11) is 0. The van der Waals surface area contributed by atoms with Crippen LogP contribution in [0.1, 0.15) is 11.3 Å². The summed E-state index contributed by atoms with van der Waals surface area (Å²) in [5, 5.41) is 10.5. The number of carbonyl (C=O) groups excluding carboxylic acids is 1. The van der Waals surface area contributed by atoms with E-state index in [2.05, 4.69) is 25.5 Å². The van der Waals surface area contributed by atoms with E-state index in [0.717, 1.165) is 17.3 Å². The molecule has 0 atom stereocenters. The molecule has 2 N–H and O–H groups in total. The van der Waals surface area contributed by atoms with Crippen molar-refractivity contribution in [1.29, 1.82) is 0 Å². The zero-order valence-electron chi connectivity index (χ0n) is 11.0. The van der Waals surface area contributed by atoms with E-state index >= 15 is 0 Å². The van der Waals surface area contributed by atoms with E-state index in [1.165, 1.54) is 0 Å². The van der Waals surface area contributed by atoms with Gasteiger partial charge in [0.05, 0.1) is 5.75 Å². The monoisotopic (exact) mass is 291 g/mol. The number of hydrogen-bond acceptors (Lipinski definition) is 6. The zero-order chi connectivity index (χ0) is 14.5. The number of aromatic nitrogens is 4. The van der Waals surface area contributed by atoms with Crippen LogP contribution in [0.15, 0.2) is 28.3 Å². The Morgan fingerprint density at radius 2 is 2.20 bits per heavy atom. The second-order valence-electron chi connectivity index (χ2n) is 4.10. The van der Waals surface area contributed by atoms with Gasteiger partial charge in [-0.15, -0.1) is 10.2 Å². The van der Waals surface area contributed by atoms with Gasteiger partial charge in [-0.05, 0) is 31.5 Å². The normalized spacial score (nSPS) is 10.3. The molecule has 0 aliphatic rings. The minimum Gasteiger partial charge on any atom is -0.310 e. The molecule has 0 spiro atoms. The maximum Gasteiger partial charge on any atom is 0.273 e. The van der Waals surface area contributed by atoms with Crippen molar-refractivity contribution in [1.82, 2.24) is 20.2 Å². The van der Waals surface area contributed by atoms with Gasteiger partial charge < -0.3 is 5.32 Å². The number of nitrogens with zero attached hydrogens (tertiary/aromatic N) is 3. The van der Waals surface area contributed by atoms with Crippen molar-refractivity contribution in [2.45, 2.75) is 19.0 Å². The molecule has 0 fully saturated rings. The van der Waals surface area contributed by atoms with Crippen LogP contribution in [0.4, 0.5) is 5.82 Å². The van der Waals surface area contributed by atoms with Gasteiger partial charge in [-0.25, -0.2) is 4.98 Å². The summed E-state index contributed by atoms with van der Waals surface area (Å²) < 4.78 is 0. The number of amides is 1. The summed E-state index contributed by atoms with van der Waals surface area (Å²) >= 11 is 1.11. The Kier molecular flexibility index (Phi) is 4.46. The van der Waals surface area contributed by atoms with Crippen LogP contribution in [0.3, 0.4) is 0 Å². The van der Waals surface area contributed by atoms with Crippen LogP contribution in [0.2, 0.25) is 0 Å². The van der Waals surface area contributed by atoms with Crippen molar-refractivity contribution in [3.8, 4) is 0 Å². The highest BCUT2D eigenvalue weighted by molar-refractivity contribution is 7.99. The lowest BCUT2D eigenvalue weighted by Crippen LogP contribution is -2.17. The Bertz CT molecular complexity index is 686. The van der Waals surface area contributed by atoms with E-state index in [4.69, 9.17) is 0 Å². The minimum absolute atomic E-state index is 0.114. The standard InChI is InChI=1S/C12H13N5O2S/c1-7-3-4-13-9(5-7)14-10(18)6-20-12-15-11(19)8(2)16-17-12/h3-5H,6H2,1-2H3,(H,13,14,18)(H,15,17,19). The molecule has 0 unspecified atom stereocenters. The van der Waals surface area contributed by atoms with E-state index in [1.807, 2.05) is 13.0 Å². The molecule has 0 aliphatic carbocycles. The molecule has 7 nitrogen and oxygen atoms in total. The lowest BCUT2D eigenvalue weighted by atomic mass is 10.3. The Labute approximate surface area is 119 Å². The summed E-state index contributed by atoms with van der Waals surface area (Å²) in [6.07, 6.45) is 1.63. The molecule has 2 heterocycles. The second-order valence-corrected chi connectivity index (χ2v) is 5.06. The molecule has 0 aromatic carbocycles. The highest BCUT2D eigenvalue weighted by Gasteiger charge is 2.07. The van der Waals surface area contributed by atoms with Crippen molar-refractivity contribution < 1.29 is 4.79 Å². The summed E-state index contributed by atoms with van der Waals surface area (Å²) in [6, 6.07) is 3.62. The number of carbonyl (C=O) groups is 1. The molecule has 20 heavy (non-hydrogen) atoms. The Morgan fingerprint density at radius 3 is 2.90 bits per heavy atom. The number of aryl methyl sites for hydroxylation is 2. The summed E-state index contributed by atoms with van der Waals surface area (Å²) in [5.74, 6) is 0.388. The third-order valence-corrected chi connectivity index (χ3v) is 3.23. The largest absolute Gasteiger partial charge is 0.310 e. The van der Waals surface area contributed by atoms with Gasteiger partial charge in [0.1, 0.15) is 11.5 Å². The van der Waals surface area contributed by atoms with Gasteiger partial charge >= 0.3 is 0 Å². The maximum absolute atomic E-state index is 11.7. The van der Waals surface area contributed by atoms with Crippen LogP contribution < -0.4 is 10.9 Å². The minimum atomic E-state index is -0.303. The first-order valence-corrected chi connectivity index (χ1v) is 6.82. The molecular weight excluding hydrogens is 278 g/mol. The van der Waals surface area contributed by atoms with Crippen molar-refractivity contribution >= 4 is 23.5 Å². The molecule has 0 aliphatic heterocycles. The van der Waals surface area contributed by atoms with Crippen LogP contribution in [-0.2, 0) is 4.79 Å². The van der Waals surface area contributed by atoms with Gasteiger partial charge in [0.2, 0.25) is 5.91 Å². The number of H-pyrrole nitrogens is 1. The van der Waals surface area contributed by atoms with Gasteiger partial charge in [-0.2, -0.15) is 0 Å². The van der Waals surface area contributed by atoms with E-state index in [-0.39, 0.29) is 17.2 Å². The summed E-state index contributed by atoms with van der Waals surface area (Å²) in [4.78, 5) is 29.6. The van der Waals surface area contributed by atoms with Crippen LogP contribution in [0, 0.1) is 13.8 Å². The molecule has 2 aromatic rings. The SMILES string of the molecule is Cc1ccnc(NC(=O)CSc2nnc(C)c(=O)[nH]2)c1. The summed E-state index contributed by atoms with van der Waals surface area (Å²) in [6.45, 7) is 3.48. The van der Waals surface area contributed by atoms with Gasteiger partial charge in [0.15, 0.2) is 5.16 Å². The smallest absolute Gasteiger partial charge is 0.273 e. The van der Waals surface area contributed by atoms with E-state index < -0.39 is 0 Å². The number of hydrogen-bond donors (Lipinski definition) is 2.